The average Bonchev–Trinajstić information content (AvgIpc) is 2.11. The van der Waals surface area contributed by atoms with Crippen LogP contribution in [0.2, 0.25) is 0 Å². The summed E-state index contributed by atoms with van der Waals surface area (Å²) in [5.74, 6) is 1.55. The zero-order valence-electron chi connectivity index (χ0n) is 8.61. The number of thiol groups is 1. The predicted molar refractivity (Wildman–Crippen MR) is 59.3 cm³/mol. The van der Waals surface area contributed by atoms with Crippen molar-refractivity contribution in [2.24, 2.45) is 5.92 Å². The zero-order valence-corrected chi connectivity index (χ0v) is 9.50. The van der Waals surface area contributed by atoms with Gasteiger partial charge < -0.3 is 5.11 Å². The monoisotopic (exact) mass is 203 g/mol. The minimum atomic E-state index is -0.108. The molecular weight excluding hydrogens is 182 g/mol. The van der Waals surface area contributed by atoms with E-state index < -0.39 is 0 Å². The van der Waals surface area contributed by atoms with Gasteiger partial charge in [-0.2, -0.15) is 12.6 Å². The maximum atomic E-state index is 9.52. The third-order valence-corrected chi connectivity index (χ3v) is 3.47. The van der Waals surface area contributed by atoms with E-state index in [2.05, 4.69) is 31.4 Å². The van der Waals surface area contributed by atoms with Crippen LogP contribution in [0.1, 0.15) is 26.7 Å². The number of aliphatic hydroxyl groups is 1. The van der Waals surface area contributed by atoms with Gasteiger partial charge in [-0.25, -0.2) is 0 Å². The Morgan fingerprint density at radius 1 is 1.54 bits per heavy atom. The highest BCUT2D eigenvalue weighted by atomic mass is 32.1. The number of hydrogen-bond acceptors (Lipinski definition) is 3. The topological polar surface area (TPSA) is 23.5 Å². The lowest BCUT2D eigenvalue weighted by atomic mass is 10.00. The van der Waals surface area contributed by atoms with Crippen molar-refractivity contribution in [3.63, 3.8) is 0 Å². The Morgan fingerprint density at radius 3 is 2.85 bits per heavy atom. The molecule has 1 fully saturated rings. The van der Waals surface area contributed by atoms with Crippen molar-refractivity contribution in [2.75, 3.05) is 18.8 Å². The maximum absolute atomic E-state index is 9.52. The molecule has 1 N–H and O–H groups in total. The van der Waals surface area contributed by atoms with Crippen LogP contribution in [-0.2, 0) is 0 Å². The smallest absolute Gasteiger partial charge is 0.0667 e. The SMILES string of the molecule is CC(CS)CN1CC(O)CCC1C. The Kier molecular flexibility index (Phi) is 4.56. The van der Waals surface area contributed by atoms with Gasteiger partial charge in [0.05, 0.1) is 6.10 Å². The first-order chi connectivity index (χ1) is 6.13. The molecule has 0 bridgehead atoms. The van der Waals surface area contributed by atoms with Crippen LogP contribution in [0.5, 0.6) is 0 Å². The molecule has 0 aromatic heterocycles. The van der Waals surface area contributed by atoms with Crippen LogP contribution in [0.4, 0.5) is 0 Å². The Bertz CT molecular complexity index is 154. The Balaban J connectivity index is 2.37. The first kappa shape index (κ1) is 11.3. The third-order valence-electron chi connectivity index (χ3n) is 2.84. The number of hydrogen-bond donors (Lipinski definition) is 2. The number of rotatable bonds is 3. The second-order valence-electron chi connectivity index (χ2n) is 4.32. The molecule has 0 aliphatic carbocycles. The fourth-order valence-corrected chi connectivity index (χ4v) is 1.99. The summed E-state index contributed by atoms with van der Waals surface area (Å²) >= 11 is 4.28. The summed E-state index contributed by atoms with van der Waals surface area (Å²) < 4.78 is 0. The first-order valence-corrected chi connectivity index (χ1v) is 5.79. The predicted octanol–water partition coefficient (Wildman–Crippen LogP) is 1.40. The van der Waals surface area contributed by atoms with Gasteiger partial charge in [-0.15, -0.1) is 0 Å². The van der Waals surface area contributed by atoms with Crippen LogP contribution >= 0.6 is 12.6 Å². The van der Waals surface area contributed by atoms with Gasteiger partial charge >= 0.3 is 0 Å². The van der Waals surface area contributed by atoms with Crippen molar-refractivity contribution in [2.45, 2.75) is 38.8 Å². The molecule has 1 saturated heterocycles. The van der Waals surface area contributed by atoms with E-state index in [0.717, 1.165) is 31.7 Å². The van der Waals surface area contributed by atoms with Crippen molar-refractivity contribution >= 4 is 12.6 Å². The fraction of sp³-hybridized carbons (Fsp3) is 1.00. The number of likely N-dealkylation sites (tertiary alicyclic amines) is 1. The van der Waals surface area contributed by atoms with E-state index in [-0.39, 0.29) is 6.10 Å². The number of piperidine rings is 1. The number of β-amino-alcohol motifs (C(OH)–C–C–N with tert-alkyl or cyclic N) is 1. The van der Waals surface area contributed by atoms with Crippen molar-refractivity contribution in [1.29, 1.82) is 0 Å². The first-order valence-electron chi connectivity index (χ1n) is 5.16. The van der Waals surface area contributed by atoms with Crippen molar-refractivity contribution < 1.29 is 5.11 Å². The van der Waals surface area contributed by atoms with Gasteiger partial charge in [-0.1, -0.05) is 6.92 Å². The molecule has 0 aromatic rings. The normalized spacial score (nSPS) is 33.2. The van der Waals surface area contributed by atoms with Crippen LogP contribution in [0.25, 0.3) is 0 Å². The Hall–Kier alpha value is 0.270. The molecule has 3 unspecified atom stereocenters. The van der Waals surface area contributed by atoms with E-state index >= 15 is 0 Å². The van der Waals surface area contributed by atoms with Crippen LogP contribution in [0.15, 0.2) is 0 Å². The van der Waals surface area contributed by atoms with Crippen molar-refractivity contribution in [3.8, 4) is 0 Å². The molecule has 0 amide bonds. The fourth-order valence-electron chi connectivity index (χ4n) is 1.87. The van der Waals surface area contributed by atoms with Gasteiger partial charge in [-0.3, -0.25) is 4.90 Å². The van der Waals surface area contributed by atoms with Crippen LogP contribution in [0.3, 0.4) is 0 Å². The van der Waals surface area contributed by atoms with Crippen LogP contribution < -0.4 is 0 Å². The van der Waals surface area contributed by atoms with E-state index in [0.29, 0.717) is 12.0 Å². The summed E-state index contributed by atoms with van der Waals surface area (Å²) in [6, 6.07) is 0.630. The molecule has 78 valence electrons. The zero-order chi connectivity index (χ0) is 9.84. The highest BCUT2D eigenvalue weighted by molar-refractivity contribution is 7.80. The maximum Gasteiger partial charge on any atom is 0.0667 e. The second kappa shape index (κ2) is 5.23. The van der Waals surface area contributed by atoms with E-state index in [1.54, 1.807) is 0 Å². The summed E-state index contributed by atoms with van der Waals surface area (Å²) in [6.45, 7) is 6.37. The number of nitrogens with zero attached hydrogens (tertiary/aromatic N) is 1. The molecule has 0 saturated carbocycles. The molecular formula is C10H21NOS. The average molecular weight is 203 g/mol. The van der Waals surface area contributed by atoms with Gasteiger partial charge in [0.15, 0.2) is 0 Å². The summed E-state index contributed by atoms with van der Waals surface area (Å²) in [7, 11) is 0. The Labute approximate surface area is 86.7 Å². The molecule has 0 spiro atoms. The van der Waals surface area contributed by atoms with E-state index in [9.17, 15) is 5.11 Å². The molecule has 3 atom stereocenters. The summed E-state index contributed by atoms with van der Waals surface area (Å²) in [5.41, 5.74) is 0. The molecule has 0 aromatic carbocycles. The molecule has 0 radical (unpaired) electrons. The van der Waals surface area contributed by atoms with E-state index in [1.165, 1.54) is 0 Å². The lowest BCUT2D eigenvalue weighted by molar-refractivity contribution is 0.0351. The lowest BCUT2D eigenvalue weighted by Gasteiger charge is -2.37. The highest BCUT2D eigenvalue weighted by Gasteiger charge is 2.24. The summed E-state index contributed by atoms with van der Waals surface area (Å²) in [6.07, 6.45) is 1.98. The summed E-state index contributed by atoms with van der Waals surface area (Å²) in [4.78, 5) is 2.38. The second-order valence-corrected chi connectivity index (χ2v) is 4.69. The number of aliphatic hydroxyl groups excluding tert-OH is 1. The molecule has 13 heavy (non-hydrogen) atoms. The van der Waals surface area contributed by atoms with Crippen molar-refractivity contribution in [3.05, 3.63) is 0 Å². The largest absolute Gasteiger partial charge is 0.392 e. The van der Waals surface area contributed by atoms with Gasteiger partial charge in [0, 0.05) is 19.1 Å². The molecule has 2 nitrogen and oxygen atoms in total. The summed E-state index contributed by atoms with van der Waals surface area (Å²) in [5, 5.41) is 9.52. The van der Waals surface area contributed by atoms with Gasteiger partial charge in [0.25, 0.3) is 0 Å². The Morgan fingerprint density at radius 2 is 2.23 bits per heavy atom. The third kappa shape index (κ3) is 3.49. The molecule has 3 heteroatoms. The van der Waals surface area contributed by atoms with Crippen LogP contribution in [-0.4, -0.2) is 41.0 Å². The minimum absolute atomic E-state index is 0.108. The van der Waals surface area contributed by atoms with E-state index in [1.807, 2.05) is 0 Å². The molecule has 1 rings (SSSR count). The van der Waals surface area contributed by atoms with Gasteiger partial charge in [0.1, 0.15) is 0 Å². The minimum Gasteiger partial charge on any atom is -0.392 e. The van der Waals surface area contributed by atoms with E-state index in [4.69, 9.17) is 0 Å². The molecule has 1 heterocycles. The van der Waals surface area contributed by atoms with Crippen LogP contribution in [0, 0.1) is 5.92 Å². The molecule has 1 aliphatic heterocycles. The highest BCUT2D eigenvalue weighted by Crippen LogP contribution is 2.18. The van der Waals surface area contributed by atoms with Gasteiger partial charge in [-0.05, 0) is 31.4 Å². The lowest BCUT2D eigenvalue weighted by Crippen LogP contribution is -2.46. The standard InChI is InChI=1S/C10H21NOS/c1-8(7-13)5-11-6-10(12)4-3-9(11)2/h8-10,12-13H,3-7H2,1-2H3. The quantitative estimate of drug-likeness (QED) is 0.677. The van der Waals surface area contributed by atoms with Gasteiger partial charge in [0.2, 0.25) is 0 Å². The molecule has 1 aliphatic rings. The van der Waals surface area contributed by atoms with Crippen molar-refractivity contribution in [1.82, 2.24) is 4.90 Å².